The number of hydrogen-bond donors (Lipinski definition) is 1. The van der Waals surface area contributed by atoms with E-state index in [4.69, 9.17) is 4.74 Å². The Labute approximate surface area is 125 Å². The number of ether oxygens (including phenoxy) is 1. The fourth-order valence-corrected chi connectivity index (χ4v) is 2.38. The van der Waals surface area contributed by atoms with Gasteiger partial charge in [-0.15, -0.1) is 0 Å². The van der Waals surface area contributed by atoms with Crippen LogP contribution >= 0.6 is 0 Å². The number of nitrogens with one attached hydrogen (secondary N) is 1. The lowest BCUT2D eigenvalue weighted by atomic mass is 10.0. The van der Waals surface area contributed by atoms with E-state index in [1.165, 1.54) is 0 Å². The van der Waals surface area contributed by atoms with Crippen LogP contribution in [0.3, 0.4) is 0 Å². The van der Waals surface area contributed by atoms with E-state index in [9.17, 15) is 4.79 Å². The summed E-state index contributed by atoms with van der Waals surface area (Å²) in [5.74, 6) is 0.792. The summed E-state index contributed by atoms with van der Waals surface area (Å²) in [7, 11) is 1.77. The highest BCUT2D eigenvalue weighted by atomic mass is 16.5. The molecule has 2 rings (SSSR count). The van der Waals surface area contributed by atoms with Gasteiger partial charge in [-0.05, 0) is 13.8 Å². The molecule has 1 aliphatic heterocycles. The molecule has 116 valence electrons. The van der Waals surface area contributed by atoms with Crippen LogP contribution in [0.4, 0.5) is 5.69 Å². The number of aromatic nitrogens is 2. The van der Waals surface area contributed by atoms with E-state index in [0.29, 0.717) is 37.0 Å². The first-order chi connectivity index (χ1) is 9.86. The first kappa shape index (κ1) is 15.7. The number of nitrogens with zero attached hydrogens (tertiary/aromatic N) is 3. The summed E-state index contributed by atoms with van der Waals surface area (Å²) in [6, 6.07) is 0. The molecule has 0 aromatic carbocycles. The quantitative estimate of drug-likeness (QED) is 0.921. The van der Waals surface area contributed by atoms with Gasteiger partial charge in [0.05, 0.1) is 30.6 Å². The van der Waals surface area contributed by atoms with Crippen molar-refractivity contribution in [2.45, 2.75) is 39.2 Å². The summed E-state index contributed by atoms with van der Waals surface area (Å²) >= 11 is 0. The Kier molecular flexibility index (Phi) is 4.46. The lowest BCUT2D eigenvalue weighted by Gasteiger charge is -2.42. The van der Waals surface area contributed by atoms with Crippen molar-refractivity contribution < 1.29 is 9.53 Å². The van der Waals surface area contributed by atoms with Crippen LogP contribution in [-0.4, -0.2) is 53.1 Å². The van der Waals surface area contributed by atoms with Crippen LogP contribution in [0.25, 0.3) is 0 Å². The van der Waals surface area contributed by atoms with E-state index in [1.54, 1.807) is 13.2 Å². The van der Waals surface area contributed by atoms with E-state index in [1.807, 2.05) is 32.6 Å². The zero-order valence-electron chi connectivity index (χ0n) is 13.4. The Balaban J connectivity index is 2.39. The highest BCUT2D eigenvalue weighted by Gasteiger charge is 2.36. The molecule has 0 saturated carbocycles. The zero-order chi connectivity index (χ0) is 15.6. The van der Waals surface area contributed by atoms with E-state index in [-0.39, 0.29) is 17.4 Å². The van der Waals surface area contributed by atoms with Crippen LogP contribution in [0.15, 0.2) is 6.20 Å². The van der Waals surface area contributed by atoms with E-state index >= 15 is 0 Å². The van der Waals surface area contributed by atoms with Gasteiger partial charge in [-0.3, -0.25) is 4.79 Å². The number of amides is 1. The maximum atomic E-state index is 12.9. The van der Waals surface area contributed by atoms with Crippen molar-refractivity contribution in [3.05, 3.63) is 17.7 Å². The highest BCUT2D eigenvalue weighted by Crippen LogP contribution is 2.24. The van der Waals surface area contributed by atoms with Crippen LogP contribution in [0, 0.1) is 0 Å². The van der Waals surface area contributed by atoms with Gasteiger partial charge in [0.15, 0.2) is 5.69 Å². The van der Waals surface area contributed by atoms with Gasteiger partial charge >= 0.3 is 0 Å². The number of hydrogen-bond acceptors (Lipinski definition) is 5. The predicted molar refractivity (Wildman–Crippen MR) is 81.6 cm³/mol. The van der Waals surface area contributed by atoms with Crippen LogP contribution in [-0.2, 0) is 4.74 Å². The molecule has 1 N–H and O–H groups in total. The lowest BCUT2D eigenvalue weighted by molar-refractivity contribution is -0.0372. The number of morpholine rings is 1. The molecule has 6 heteroatoms. The smallest absolute Gasteiger partial charge is 0.275 e. The normalized spacial score (nSPS) is 17.9. The Morgan fingerprint density at radius 2 is 2.19 bits per heavy atom. The summed E-state index contributed by atoms with van der Waals surface area (Å²) < 4.78 is 5.48. The lowest BCUT2D eigenvalue weighted by Crippen LogP contribution is -2.55. The minimum Gasteiger partial charge on any atom is -0.385 e. The maximum Gasteiger partial charge on any atom is 0.275 e. The van der Waals surface area contributed by atoms with Crippen molar-refractivity contribution in [1.82, 2.24) is 14.9 Å². The zero-order valence-corrected chi connectivity index (χ0v) is 13.4. The first-order valence-electron chi connectivity index (χ1n) is 7.31. The first-order valence-corrected chi connectivity index (χ1v) is 7.31. The van der Waals surface area contributed by atoms with Gasteiger partial charge in [-0.2, -0.15) is 0 Å². The van der Waals surface area contributed by atoms with Gasteiger partial charge in [-0.25, -0.2) is 9.97 Å². The standard InChI is InChI=1S/C15H24N4O2/c1-10(2)13-17-8-11(16-5)12(18-13)14(20)19-6-7-21-9-15(19,3)4/h8,10,16H,6-7,9H2,1-5H3. The molecule has 2 heterocycles. The van der Waals surface area contributed by atoms with Gasteiger partial charge in [-0.1, -0.05) is 13.8 Å². The van der Waals surface area contributed by atoms with Gasteiger partial charge in [0.1, 0.15) is 5.82 Å². The third-order valence-corrected chi connectivity index (χ3v) is 3.69. The molecule has 0 unspecified atom stereocenters. The Hall–Kier alpha value is -1.69. The summed E-state index contributed by atoms with van der Waals surface area (Å²) in [4.78, 5) is 23.5. The van der Waals surface area contributed by atoms with Gasteiger partial charge in [0.25, 0.3) is 5.91 Å². The highest BCUT2D eigenvalue weighted by molar-refractivity contribution is 5.98. The molecule has 21 heavy (non-hydrogen) atoms. The molecule has 1 aliphatic rings. The summed E-state index contributed by atoms with van der Waals surface area (Å²) in [6.07, 6.45) is 1.68. The summed E-state index contributed by atoms with van der Waals surface area (Å²) in [6.45, 7) is 9.72. The number of carbonyl (C=O) groups is 1. The monoisotopic (exact) mass is 292 g/mol. The van der Waals surface area contributed by atoms with Crippen LogP contribution < -0.4 is 5.32 Å². The van der Waals surface area contributed by atoms with Crippen molar-refractivity contribution >= 4 is 11.6 Å². The van der Waals surface area contributed by atoms with Crippen molar-refractivity contribution in [3.63, 3.8) is 0 Å². The topological polar surface area (TPSA) is 67.4 Å². The third-order valence-electron chi connectivity index (χ3n) is 3.69. The third kappa shape index (κ3) is 3.15. The van der Waals surface area contributed by atoms with E-state index in [0.717, 1.165) is 0 Å². The average molecular weight is 292 g/mol. The largest absolute Gasteiger partial charge is 0.385 e. The Bertz CT molecular complexity index is 528. The minimum atomic E-state index is -0.330. The van der Waals surface area contributed by atoms with E-state index in [2.05, 4.69) is 15.3 Å². The predicted octanol–water partition coefficient (Wildman–Crippen LogP) is 1.89. The Morgan fingerprint density at radius 1 is 1.48 bits per heavy atom. The molecule has 1 saturated heterocycles. The van der Waals surface area contributed by atoms with Gasteiger partial charge < -0.3 is 15.0 Å². The van der Waals surface area contributed by atoms with Crippen molar-refractivity contribution in [1.29, 1.82) is 0 Å². The Morgan fingerprint density at radius 3 is 2.76 bits per heavy atom. The van der Waals surface area contributed by atoms with E-state index < -0.39 is 0 Å². The molecule has 6 nitrogen and oxygen atoms in total. The fourth-order valence-electron chi connectivity index (χ4n) is 2.38. The minimum absolute atomic E-state index is 0.0723. The summed E-state index contributed by atoms with van der Waals surface area (Å²) in [5.41, 5.74) is 0.765. The molecule has 0 radical (unpaired) electrons. The molecule has 0 atom stereocenters. The molecule has 1 fully saturated rings. The van der Waals surface area contributed by atoms with Crippen LogP contribution in [0.2, 0.25) is 0 Å². The molecular formula is C15H24N4O2. The SMILES string of the molecule is CNc1cnc(C(C)C)nc1C(=O)N1CCOCC1(C)C. The molecule has 1 amide bonds. The molecular weight excluding hydrogens is 268 g/mol. The van der Waals surface area contributed by atoms with Crippen LogP contribution in [0.1, 0.15) is 49.9 Å². The molecule has 1 aromatic heterocycles. The van der Waals surface area contributed by atoms with Gasteiger partial charge in [0, 0.05) is 19.5 Å². The number of rotatable bonds is 3. The number of carbonyl (C=O) groups excluding carboxylic acids is 1. The second-order valence-electron chi connectivity index (χ2n) is 6.22. The van der Waals surface area contributed by atoms with Gasteiger partial charge in [0.2, 0.25) is 0 Å². The fraction of sp³-hybridized carbons (Fsp3) is 0.667. The molecule has 0 spiro atoms. The summed E-state index contributed by atoms with van der Waals surface area (Å²) in [5, 5.41) is 3.01. The van der Waals surface area contributed by atoms with Crippen LogP contribution in [0.5, 0.6) is 0 Å². The second kappa shape index (κ2) is 5.97. The van der Waals surface area contributed by atoms with Crippen molar-refractivity contribution in [3.8, 4) is 0 Å². The van der Waals surface area contributed by atoms with Crippen molar-refractivity contribution in [2.24, 2.45) is 0 Å². The van der Waals surface area contributed by atoms with Crippen molar-refractivity contribution in [2.75, 3.05) is 32.1 Å². The average Bonchev–Trinajstić information content (AvgIpc) is 2.45. The molecule has 0 aliphatic carbocycles. The molecule has 0 bridgehead atoms. The number of anilines is 1. The maximum absolute atomic E-state index is 12.9. The second-order valence-corrected chi connectivity index (χ2v) is 6.22. The molecule has 1 aromatic rings.